The summed E-state index contributed by atoms with van der Waals surface area (Å²) in [7, 11) is 0. The van der Waals surface area contributed by atoms with Gasteiger partial charge in [-0.1, -0.05) is 29.8 Å². The molecule has 84 valence electrons. The molecule has 0 aliphatic rings. The van der Waals surface area contributed by atoms with Crippen LogP contribution in [0.25, 0.3) is 0 Å². The van der Waals surface area contributed by atoms with Crippen molar-refractivity contribution >= 4 is 0 Å². The Hall–Kier alpha value is -1.54. The molecule has 0 saturated carbocycles. The summed E-state index contributed by atoms with van der Waals surface area (Å²) in [5.41, 5.74) is 2.60. The van der Waals surface area contributed by atoms with Crippen molar-refractivity contribution in [1.29, 1.82) is 0 Å². The van der Waals surface area contributed by atoms with E-state index in [1.54, 1.807) is 6.26 Å². The first kappa shape index (κ1) is 11.0. The number of rotatable bonds is 4. The molecule has 0 aliphatic carbocycles. The molecule has 1 atom stereocenters. The molecule has 2 rings (SSSR count). The summed E-state index contributed by atoms with van der Waals surface area (Å²) < 4.78 is 5.28. The lowest BCUT2D eigenvalue weighted by Crippen LogP contribution is -2.17. The van der Waals surface area contributed by atoms with E-state index in [1.165, 1.54) is 11.1 Å². The summed E-state index contributed by atoms with van der Waals surface area (Å²) in [6.45, 7) is 5.03. The first-order valence-electron chi connectivity index (χ1n) is 5.58. The van der Waals surface area contributed by atoms with Gasteiger partial charge in [0.2, 0.25) is 0 Å². The van der Waals surface area contributed by atoms with Crippen LogP contribution in [0.1, 0.15) is 29.9 Å². The summed E-state index contributed by atoms with van der Waals surface area (Å²) in [6, 6.07) is 12.8. The van der Waals surface area contributed by atoms with E-state index in [-0.39, 0.29) is 0 Å². The fraction of sp³-hybridized carbons (Fsp3) is 0.286. The van der Waals surface area contributed by atoms with Gasteiger partial charge in [0.05, 0.1) is 12.8 Å². The van der Waals surface area contributed by atoms with Crippen LogP contribution in [0.5, 0.6) is 0 Å². The van der Waals surface area contributed by atoms with Crippen molar-refractivity contribution in [3.63, 3.8) is 0 Å². The standard InChI is InChI=1S/C14H17NO/c1-11-5-7-13(8-6-11)12(2)15-10-14-4-3-9-16-14/h3-9,12,15H,10H2,1-2H3/t12-/m1/s1. The van der Waals surface area contributed by atoms with Gasteiger partial charge in [0.1, 0.15) is 5.76 Å². The van der Waals surface area contributed by atoms with Crippen molar-refractivity contribution < 1.29 is 4.42 Å². The molecular weight excluding hydrogens is 198 g/mol. The Morgan fingerprint density at radius 2 is 1.94 bits per heavy atom. The summed E-state index contributed by atoms with van der Waals surface area (Å²) in [5, 5.41) is 3.43. The lowest BCUT2D eigenvalue weighted by Gasteiger charge is -2.13. The first-order chi connectivity index (χ1) is 7.75. The zero-order chi connectivity index (χ0) is 11.4. The molecule has 0 saturated heterocycles. The molecule has 2 aromatic rings. The maximum absolute atomic E-state index is 5.28. The third-order valence-corrected chi connectivity index (χ3v) is 2.74. The molecule has 1 aromatic heterocycles. The molecule has 2 nitrogen and oxygen atoms in total. The van der Waals surface area contributed by atoms with Gasteiger partial charge in [0, 0.05) is 6.04 Å². The topological polar surface area (TPSA) is 25.2 Å². The van der Waals surface area contributed by atoms with Crippen LogP contribution in [-0.2, 0) is 6.54 Å². The van der Waals surface area contributed by atoms with Crippen molar-refractivity contribution in [2.75, 3.05) is 0 Å². The number of nitrogens with one attached hydrogen (secondary N) is 1. The van der Waals surface area contributed by atoms with E-state index in [1.807, 2.05) is 12.1 Å². The Kier molecular flexibility index (Phi) is 3.42. The maximum Gasteiger partial charge on any atom is 0.117 e. The average molecular weight is 215 g/mol. The first-order valence-corrected chi connectivity index (χ1v) is 5.58. The molecule has 0 amide bonds. The van der Waals surface area contributed by atoms with E-state index in [9.17, 15) is 0 Å². The minimum Gasteiger partial charge on any atom is -0.468 e. The van der Waals surface area contributed by atoms with E-state index in [0.717, 1.165) is 12.3 Å². The largest absolute Gasteiger partial charge is 0.468 e. The van der Waals surface area contributed by atoms with Crippen molar-refractivity contribution in [1.82, 2.24) is 5.32 Å². The number of hydrogen-bond acceptors (Lipinski definition) is 2. The zero-order valence-electron chi connectivity index (χ0n) is 9.73. The Morgan fingerprint density at radius 1 is 1.19 bits per heavy atom. The van der Waals surface area contributed by atoms with Gasteiger partial charge < -0.3 is 9.73 Å². The third-order valence-electron chi connectivity index (χ3n) is 2.74. The number of benzene rings is 1. The van der Waals surface area contributed by atoms with E-state index in [0.29, 0.717) is 6.04 Å². The van der Waals surface area contributed by atoms with Crippen LogP contribution in [-0.4, -0.2) is 0 Å². The van der Waals surface area contributed by atoms with Gasteiger partial charge in [-0.2, -0.15) is 0 Å². The molecule has 0 unspecified atom stereocenters. The molecular formula is C14H17NO. The summed E-state index contributed by atoms with van der Waals surface area (Å²) in [6.07, 6.45) is 1.70. The minimum absolute atomic E-state index is 0.339. The minimum atomic E-state index is 0.339. The Morgan fingerprint density at radius 3 is 2.56 bits per heavy atom. The molecule has 0 spiro atoms. The number of hydrogen-bond donors (Lipinski definition) is 1. The normalized spacial score (nSPS) is 12.6. The highest BCUT2D eigenvalue weighted by atomic mass is 16.3. The zero-order valence-corrected chi connectivity index (χ0v) is 9.73. The van der Waals surface area contributed by atoms with Gasteiger partial charge in [-0.15, -0.1) is 0 Å². The maximum atomic E-state index is 5.28. The molecule has 0 bridgehead atoms. The fourth-order valence-electron chi connectivity index (χ4n) is 1.64. The van der Waals surface area contributed by atoms with E-state index < -0.39 is 0 Å². The molecule has 0 radical (unpaired) electrons. The summed E-state index contributed by atoms with van der Waals surface area (Å²) in [5.74, 6) is 0.971. The van der Waals surface area contributed by atoms with Gasteiger partial charge in [-0.3, -0.25) is 0 Å². The highest BCUT2D eigenvalue weighted by molar-refractivity contribution is 5.23. The molecule has 1 N–H and O–H groups in total. The Labute approximate surface area is 96.3 Å². The summed E-state index contributed by atoms with van der Waals surface area (Å²) >= 11 is 0. The second kappa shape index (κ2) is 4.99. The molecule has 1 heterocycles. The van der Waals surface area contributed by atoms with Crippen LogP contribution in [0, 0.1) is 6.92 Å². The molecule has 16 heavy (non-hydrogen) atoms. The van der Waals surface area contributed by atoms with Crippen molar-refractivity contribution in [3.8, 4) is 0 Å². The highest BCUT2D eigenvalue weighted by Gasteiger charge is 2.04. The van der Waals surface area contributed by atoms with Crippen LogP contribution in [0.15, 0.2) is 47.1 Å². The SMILES string of the molecule is Cc1ccc([C@@H](C)NCc2ccco2)cc1. The lowest BCUT2D eigenvalue weighted by molar-refractivity contribution is 0.460. The van der Waals surface area contributed by atoms with Gasteiger partial charge >= 0.3 is 0 Å². The van der Waals surface area contributed by atoms with Crippen LogP contribution < -0.4 is 5.32 Å². The van der Waals surface area contributed by atoms with Gasteiger partial charge in [-0.05, 0) is 31.5 Å². The second-order valence-corrected chi connectivity index (χ2v) is 4.09. The van der Waals surface area contributed by atoms with Gasteiger partial charge in [-0.25, -0.2) is 0 Å². The smallest absolute Gasteiger partial charge is 0.117 e. The Bertz CT molecular complexity index is 417. The molecule has 0 aliphatic heterocycles. The monoisotopic (exact) mass is 215 g/mol. The summed E-state index contributed by atoms with van der Waals surface area (Å²) in [4.78, 5) is 0. The van der Waals surface area contributed by atoms with E-state index in [4.69, 9.17) is 4.42 Å². The van der Waals surface area contributed by atoms with Crippen molar-refractivity contribution in [2.24, 2.45) is 0 Å². The van der Waals surface area contributed by atoms with Crippen LogP contribution in [0.2, 0.25) is 0 Å². The van der Waals surface area contributed by atoms with Crippen molar-refractivity contribution in [2.45, 2.75) is 26.4 Å². The third kappa shape index (κ3) is 2.74. The molecule has 1 aromatic carbocycles. The van der Waals surface area contributed by atoms with E-state index >= 15 is 0 Å². The van der Waals surface area contributed by atoms with E-state index in [2.05, 4.69) is 43.4 Å². The van der Waals surface area contributed by atoms with Gasteiger partial charge in [0.25, 0.3) is 0 Å². The van der Waals surface area contributed by atoms with Gasteiger partial charge in [0.15, 0.2) is 0 Å². The predicted molar refractivity (Wildman–Crippen MR) is 65.1 cm³/mol. The number of furan rings is 1. The molecule has 0 fully saturated rings. The fourth-order valence-corrected chi connectivity index (χ4v) is 1.64. The van der Waals surface area contributed by atoms with Crippen LogP contribution in [0.3, 0.4) is 0 Å². The average Bonchev–Trinajstić information content (AvgIpc) is 2.80. The lowest BCUT2D eigenvalue weighted by atomic mass is 10.1. The second-order valence-electron chi connectivity index (χ2n) is 4.09. The van der Waals surface area contributed by atoms with Crippen LogP contribution >= 0.6 is 0 Å². The predicted octanol–water partition coefficient (Wildman–Crippen LogP) is 3.44. The molecule has 2 heteroatoms. The van der Waals surface area contributed by atoms with Crippen LogP contribution in [0.4, 0.5) is 0 Å². The highest BCUT2D eigenvalue weighted by Crippen LogP contribution is 2.13. The number of aryl methyl sites for hydroxylation is 1. The quantitative estimate of drug-likeness (QED) is 0.845. The Balaban J connectivity index is 1.93. The van der Waals surface area contributed by atoms with Crippen molar-refractivity contribution in [3.05, 3.63) is 59.5 Å².